The van der Waals surface area contributed by atoms with Crippen LogP contribution in [0.2, 0.25) is 0 Å². The van der Waals surface area contributed by atoms with Crippen molar-refractivity contribution < 1.29 is 14.1 Å². The second-order valence-electron chi connectivity index (χ2n) is 4.80. The van der Waals surface area contributed by atoms with Crippen LogP contribution in [0.4, 0.5) is 5.69 Å². The summed E-state index contributed by atoms with van der Waals surface area (Å²) < 4.78 is 10.7. The first-order valence-corrected chi connectivity index (χ1v) is 6.52. The number of aromatic nitrogens is 1. The zero-order valence-corrected chi connectivity index (χ0v) is 12.1. The van der Waals surface area contributed by atoms with Gasteiger partial charge in [0.05, 0.1) is 24.8 Å². The van der Waals surface area contributed by atoms with Gasteiger partial charge in [0.15, 0.2) is 11.5 Å². The van der Waals surface area contributed by atoms with Crippen molar-refractivity contribution >= 4 is 5.69 Å². The zero-order valence-electron chi connectivity index (χ0n) is 12.1. The van der Waals surface area contributed by atoms with Crippen LogP contribution in [0.15, 0.2) is 28.8 Å². The molecule has 0 spiro atoms. The lowest BCUT2D eigenvalue weighted by Gasteiger charge is -2.04. The first-order valence-electron chi connectivity index (χ1n) is 6.52. The number of nitro benzene ring substituents is 1. The highest BCUT2D eigenvalue weighted by atomic mass is 16.6. The fraction of sp³-hybridized carbons (Fsp3) is 0.357. The molecule has 0 radical (unpaired) electrons. The van der Waals surface area contributed by atoms with Gasteiger partial charge in [-0.1, -0.05) is 13.8 Å². The van der Waals surface area contributed by atoms with E-state index in [-0.39, 0.29) is 11.4 Å². The van der Waals surface area contributed by atoms with Gasteiger partial charge in [0.1, 0.15) is 0 Å². The number of nitro groups is 1. The fourth-order valence-electron chi connectivity index (χ4n) is 1.80. The molecule has 1 aromatic heterocycles. The lowest BCUT2D eigenvalue weighted by Crippen LogP contribution is -2.21. The predicted octanol–water partition coefficient (Wildman–Crippen LogP) is 2.76. The molecule has 0 amide bonds. The second-order valence-corrected chi connectivity index (χ2v) is 4.80. The predicted molar refractivity (Wildman–Crippen MR) is 77.1 cm³/mol. The molecule has 0 aliphatic carbocycles. The standard InChI is InChI=1S/C14H17N3O4/c1-9(2)15-8-14-16-7-13(21-14)10-4-5-11(17(18)19)12(6-10)20-3/h4-7,9,15H,8H2,1-3H3. The summed E-state index contributed by atoms with van der Waals surface area (Å²) in [5.41, 5.74) is 0.600. The zero-order chi connectivity index (χ0) is 15.4. The van der Waals surface area contributed by atoms with Crippen molar-refractivity contribution in [1.29, 1.82) is 0 Å². The van der Waals surface area contributed by atoms with Crippen LogP contribution in [0.25, 0.3) is 11.3 Å². The lowest BCUT2D eigenvalue weighted by atomic mass is 10.1. The third-order valence-corrected chi connectivity index (χ3v) is 2.88. The molecule has 0 saturated heterocycles. The summed E-state index contributed by atoms with van der Waals surface area (Å²) in [6.07, 6.45) is 1.60. The first kappa shape index (κ1) is 15.0. The van der Waals surface area contributed by atoms with Crippen molar-refractivity contribution in [3.8, 4) is 17.1 Å². The Morgan fingerprint density at radius 2 is 2.24 bits per heavy atom. The SMILES string of the molecule is COc1cc(-c2cnc(CNC(C)C)o2)ccc1[N+](=O)[O-]. The summed E-state index contributed by atoms with van der Waals surface area (Å²) in [7, 11) is 1.39. The maximum absolute atomic E-state index is 10.9. The first-order chi connectivity index (χ1) is 10.0. The fourth-order valence-corrected chi connectivity index (χ4v) is 1.80. The van der Waals surface area contributed by atoms with Gasteiger partial charge in [-0.05, 0) is 12.1 Å². The van der Waals surface area contributed by atoms with Crippen molar-refractivity contribution in [2.45, 2.75) is 26.4 Å². The van der Waals surface area contributed by atoms with Gasteiger partial charge in [0.25, 0.3) is 0 Å². The Kier molecular flexibility index (Phi) is 4.54. The number of rotatable bonds is 6. The molecule has 0 aliphatic heterocycles. The molecule has 1 N–H and O–H groups in total. The summed E-state index contributed by atoms with van der Waals surface area (Å²) in [5.74, 6) is 1.30. The molecule has 112 valence electrons. The number of hydrogen-bond donors (Lipinski definition) is 1. The van der Waals surface area contributed by atoms with E-state index in [1.165, 1.54) is 13.2 Å². The Morgan fingerprint density at radius 3 is 2.86 bits per heavy atom. The van der Waals surface area contributed by atoms with Crippen LogP contribution in [0.1, 0.15) is 19.7 Å². The average Bonchev–Trinajstić information content (AvgIpc) is 2.93. The van der Waals surface area contributed by atoms with Gasteiger partial charge in [0.2, 0.25) is 5.89 Å². The van der Waals surface area contributed by atoms with Crippen LogP contribution in [0.3, 0.4) is 0 Å². The number of oxazole rings is 1. The Hall–Kier alpha value is -2.41. The summed E-state index contributed by atoms with van der Waals surface area (Å²) in [6.45, 7) is 4.60. The Balaban J connectivity index is 2.24. The van der Waals surface area contributed by atoms with Crippen molar-refractivity contribution in [2.75, 3.05) is 7.11 Å². The van der Waals surface area contributed by atoms with Crippen LogP contribution in [-0.4, -0.2) is 23.1 Å². The summed E-state index contributed by atoms with van der Waals surface area (Å²) in [4.78, 5) is 14.6. The van der Waals surface area contributed by atoms with Crippen LogP contribution in [-0.2, 0) is 6.54 Å². The number of methoxy groups -OCH3 is 1. The summed E-state index contributed by atoms with van der Waals surface area (Å²) in [6, 6.07) is 4.90. The molecule has 0 atom stereocenters. The number of benzene rings is 1. The molecule has 1 heterocycles. The molecule has 0 bridgehead atoms. The van der Waals surface area contributed by atoms with E-state index in [0.717, 1.165) is 0 Å². The molecule has 7 nitrogen and oxygen atoms in total. The highest BCUT2D eigenvalue weighted by Crippen LogP contribution is 2.32. The van der Waals surface area contributed by atoms with Gasteiger partial charge in [-0.15, -0.1) is 0 Å². The lowest BCUT2D eigenvalue weighted by molar-refractivity contribution is -0.385. The molecule has 1 aromatic carbocycles. The van der Waals surface area contributed by atoms with Crippen LogP contribution in [0, 0.1) is 10.1 Å². The van der Waals surface area contributed by atoms with Crippen molar-refractivity contribution in [2.24, 2.45) is 0 Å². The van der Waals surface area contributed by atoms with Crippen molar-refractivity contribution in [1.82, 2.24) is 10.3 Å². The molecular weight excluding hydrogens is 274 g/mol. The molecule has 0 unspecified atom stereocenters. The molecule has 2 rings (SSSR count). The van der Waals surface area contributed by atoms with E-state index < -0.39 is 4.92 Å². The second kappa shape index (κ2) is 6.36. The normalized spacial score (nSPS) is 10.9. The third-order valence-electron chi connectivity index (χ3n) is 2.88. The largest absolute Gasteiger partial charge is 0.490 e. The molecule has 2 aromatic rings. The number of nitrogens with one attached hydrogen (secondary N) is 1. The minimum Gasteiger partial charge on any atom is -0.490 e. The number of nitrogens with zero attached hydrogens (tertiary/aromatic N) is 2. The van der Waals surface area contributed by atoms with Crippen LogP contribution < -0.4 is 10.1 Å². The number of ether oxygens (including phenoxy) is 1. The van der Waals surface area contributed by atoms with Crippen LogP contribution >= 0.6 is 0 Å². The maximum Gasteiger partial charge on any atom is 0.310 e. The summed E-state index contributed by atoms with van der Waals surface area (Å²) >= 11 is 0. The highest BCUT2D eigenvalue weighted by molar-refractivity contribution is 5.63. The van der Waals surface area contributed by atoms with E-state index in [0.29, 0.717) is 29.8 Å². The van der Waals surface area contributed by atoms with Crippen molar-refractivity contribution in [3.05, 3.63) is 40.4 Å². The molecule has 0 fully saturated rings. The molecular formula is C14H17N3O4. The summed E-state index contributed by atoms with van der Waals surface area (Å²) in [5, 5.41) is 14.1. The Labute approximate surface area is 122 Å². The monoisotopic (exact) mass is 291 g/mol. The minimum absolute atomic E-state index is 0.0811. The molecule has 0 aliphatic rings. The molecule has 7 heteroatoms. The average molecular weight is 291 g/mol. The van der Waals surface area contributed by atoms with Gasteiger partial charge < -0.3 is 14.5 Å². The third kappa shape index (κ3) is 3.57. The Morgan fingerprint density at radius 1 is 1.48 bits per heavy atom. The minimum atomic E-state index is -0.485. The topological polar surface area (TPSA) is 90.4 Å². The van der Waals surface area contributed by atoms with Gasteiger partial charge >= 0.3 is 5.69 Å². The number of hydrogen-bond acceptors (Lipinski definition) is 6. The van der Waals surface area contributed by atoms with Gasteiger partial charge in [-0.25, -0.2) is 4.98 Å². The van der Waals surface area contributed by atoms with E-state index in [2.05, 4.69) is 10.3 Å². The smallest absolute Gasteiger partial charge is 0.310 e. The van der Waals surface area contributed by atoms with Crippen LogP contribution in [0.5, 0.6) is 5.75 Å². The highest BCUT2D eigenvalue weighted by Gasteiger charge is 2.16. The maximum atomic E-state index is 10.9. The van der Waals surface area contributed by atoms with E-state index in [1.807, 2.05) is 13.8 Å². The van der Waals surface area contributed by atoms with Gasteiger partial charge in [0, 0.05) is 17.7 Å². The van der Waals surface area contributed by atoms with E-state index >= 15 is 0 Å². The van der Waals surface area contributed by atoms with Gasteiger partial charge in [-0.2, -0.15) is 0 Å². The molecule has 21 heavy (non-hydrogen) atoms. The van der Waals surface area contributed by atoms with Crippen molar-refractivity contribution in [3.63, 3.8) is 0 Å². The Bertz CT molecular complexity index is 637. The van der Waals surface area contributed by atoms with E-state index in [1.54, 1.807) is 18.3 Å². The van der Waals surface area contributed by atoms with Gasteiger partial charge in [-0.3, -0.25) is 10.1 Å². The van der Waals surface area contributed by atoms with E-state index in [9.17, 15) is 10.1 Å². The quantitative estimate of drug-likeness (QED) is 0.650. The molecule has 0 saturated carbocycles. The van der Waals surface area contributed by atoms with E-state index in [4.69, 9.17) is 9.15 Å².